The molecular formula is C16H14N2O7S. The predicted octanol–water partition coefficient (Wildman–Crippen LogP) is 1.79. The van der Waals surface area contributed by atoms with Crippen LogP contribution in [0.5, 0.6) is 17.2 Å². The number of methoxy groups -OCH3 is 2. The Balaban J connectivity index is 2.22. The van der Waals surface area contributed by atoms with E-state index in [1.165, 1.54) is 26.4 Å². The Bertz CT molecular complexity index is 1110. The standard InChI is InChI=1S/C16H14N2O7S/c1-23-12-7-9(8-13(24-2)14(12)25-26(20,21)22)15-17-11-6-4-3-5-10(11)16(19)18-15/h3-8H,1-2H3,(H,17,18,19)(H,20,21,22). The van der Waals surface area contributed by atoms with E-state index in [9.17, 15) is 13.2 Å². The fourth-order valence-corrected chi connectivity index (χ4v) is 2.80. The molecule has 0 aliphatic heterocycles. The van der Waals surface area contributed by atoms with Crippen LogP contribution in [0.15, 0.2) is 41.2 Å². The van der Waals surface area contributed by atoms with Crippen molar-refractivity contribution in [3.8, 4) is 28.6 Å². The summed E-state index contributed by atoms with van der Waals surface area (Å²) >= 11 is 0. The molecule has 2 aromatic carbocycles. The third-order valence-electron chi connectivity index (χ3n) is 3.54. The topological polar surface area (TPSA) is 128 Å². The van der Waals surface area contributed by atoms with Gasteiger partial charge in [0.05, 0.1) is 25.1 Å². The first-order valence-corrected chi connectivity index (χ1v) is 8.61. The van der Waals surface area contributed by atoms with Gasteiger partial charge in [-0.1, -0.05) is 12.1 Å². The molecule has 9 nitrogen and oxygen atoms in total. The fraction of sp³-hybridized carbons (Fsp3) is 0.125. The number of ether oxygens (including phenoxy) is 2. The normalized spacial score (nSPS) is 11.3. The molecule has 0 fully saturated rings. The van der Waals surface area contributed by atoms with Gasteiger partial charge in [-0.05, 0) is 24.3 Å². The summed E-state index contributed by atoms with van der Waals surface area (Å²) in [6.07, 6.45) is 0. The maximum absolute atomic E-state index is 12.2. The first-order valence-electron chi connectivity index (χ1n) is 7.24. The summed E-state index contributed by atoms with van der Waals surface area (Å²) in [7, 11) is -2.22. The molecule has 3 rings (SSSR count). The van der Waals surface area contributed by atoms with Crippen LogP contribution in [-0.2, 0) is 10.4 Å². The molecule has 0 aliphatic rings. The molecule has 0 saturated heterocycles. The van der Waals surface area contributed by atoms with Crippen LogP contribution in [0.2, 0.25) is 0 Å². The summed E-state index contributed by atoms with van der Waals surface area (Å²) < 4.78 is 45.8. The lowest BCUT2D eigenvalue weighted by Crippen LogP contribution is -2.11. The first-order chi connectivity index (χ1) is 12.3. The fourth-order valence-electron chi connectivity index (χ4n) is 2.43. The minimum Gasteiger partial charge on any atom is -0.493 e. The van der Waals surface area contributed by atoms with Crippen molar-refractivity contribution in [2.45, 2.75) is 0 Å². The average molecular weight is 378 g/mol. The number of H-pyrrole nitrogens is 1. The van der Waals surface area contributed by atoms with Crippen LogP contribution < -0.4 is 19.2 Å². The Morgan fingerprint density at radius 2 is 1.69 bits per heavy atom. The highest BCUT2D eigenvalue weighted by atomic mass is 32.3. The van der Waals surface area contributed by atoms with E-state index in [0.717, 1.165) is 0 Å². The van der Waals surface area contributed by atoms with Crippen LogP contribution in [0.4, 0.5) is 0 Å². The highest BCUT2D eigenvalue weighted by molar-refractivity contribution is 7.81. The number of benzene rings is 2. The van der Waals surface area contributed by atoms with Gasteiger partial charge in [-0.25, -0.2) is 4.98 Å². The maximum atomic E-state index is 12.2. The van der Waals surface area contributed by atoms with Gasteiger partial charge in [0.15, 0.2) is 11.5 Å². The molecule has 10 heteroatoms. The van der Waals surface area contributed by atoms with Crippen molar-refractivity contribution in [2.24, 2.45) is 0 Å². The highest BCUT2D eigenvalue weighted by Gasteiger charge is 2.21. The van der Waals surface area contributed by atoms with Crippen molar-refractivity contribution in [3.05, 3.63) is 46.8 Å². The van der Waals surface area contributed by atoms with Gasteiger partial charge in [-0.15, -0.1) is 0 Å². The number of hydrogen-bond donors (Lipinski definition) is 2. The number of aromatic amines is 1. The second-order valence-corrected chi connectivity index (χ2v) is 6.17. The monoisotopic (exact) mass is 378 g/mol. The molecule has 1 heterocycles. The van der Waals surface area contributed by atoms with E-state index in [-0.39, 0.29) is 28.6 Å². The molecule has 0 amide bonds. The summed E-state index contributed by atoms with van der Waals surface area (Å²) in [5.41, 5.74) is 0.550. The van der Waals surface area contributed by atoms with Crippen molar-refractivity contribution in [1.82, 2.24) is 9.97 Å². The van der Waals surface area contributed by atoms with Crippen LogP contribution in [-0.4, -0.2) is 37.2 Å². The second-order valence-electron chi connectivity index (χ2n) is 5.15. The molecule has 0 aliphatic carbocycles. The minimum atomic E-state index is -4.79. The molecule has 0 unspecified atom stereocenters. The van der Waals surface area contributed by atoms with Gasteiger partial charge >= 0.3 is 10.4 Å². The van der Waals surface area contributed by atoms with E-state index >= 15 is 0 Å². The predicted molar refractivity (Wildman–Crippen MR) is 93.1 cm³/mol. The van der Waals surface area contributed by atoms with Crippen molar-refractivity contribution >= 4 is 21.3 Å². The molecule has 0 radical (unpaired) electrons. The molecule has 0 atom stereocenters. The number of fused-ring (bicyclic) bond motifs is 1. The lowest BCUT2D eigenvalue weighted by Gasteiger charge is -2.14. The Morgan fingerprint density at radius 3 is 2.27 bits per heavy atom. The lowest BCUT2D eigenvalue weighted by molar-refractivity contribution is 0.338. The van der Waals surface area contributed by atoms with Crippen molar-refractivity contribution < 1.29 is 26.6 Å². The van der Waals surface area contributed by atoms with Crippen LogP contribution in [0, 0.1) is 0 Å². The minimum absolute atomic E-state index is 0.0345. The van der Waals surface area contributed by atoms with Crippen LogP contribution in [0.3, 0.4) is 0 Å². The molecule has 3 aromatic rings. The third kappa shape index (κ3) is 3.46. The van der Waals surface area contributed by atoms with Crippen molar-refractivity contribution in [2.75, 3.05) is 14.2 Å². The Kier molecular flexibility index (Phi) is 4.53. The second kappa shape index (κ2) is 6.65. The van der Waals surface area contributed by atoms with Crippen molar-refractivity contribution in [1.29, 1.82) is 0 Å². The van der Waals surface area contributed by atoms with Gasteiger partial charge in [0.2, 0.25) is 5.75 Å². The van der Waals surface area contributed by atoms with Gasteiger partial charge < -0.3 is 18.6 Å². The quantitative estimate of drug-likeness (QED) is 0.643. The molecule has 2 N–H and O–H groups in total. The smallest absolute Gasteiger partial charge is 0.446 e. The summed E-state index contributed by atoms with van der Waals surface area (Å²) in [6.45, 7) is 0. The van der Waals surface area contributed by atoms with Gasteiger partial charge in [0.1, 0.15) is 5.82 Å². The van der Waals surface area contributed by atoms with Crippen LogP contribution in [0.1, 0.15) is 0 Å². The average Bonchev–Trinajstić information content (AvgIpc) is 2.60. The zero-order chi connectivity index (χ0) is 18.9. The Labute approximate surface area is 148 Å². The van der Waals surface area contributed by atoms with Crippen LogP contribution >= 0.6 is 0 Å². The Morgan fingerprint density at radius 1 is 1.08 bits per heavy atom. The zero-order valence-electron chi connectivity index (χ0n) is 13.7. The number of nitrogens with one attached hydrogen (secondary N) is 1. The highest BCUT2D eigenvalue weighted by Crippen LogP contribution is 2.41. The third-order valence-corrected chi connectivity index (χ3v) is 3.91. The SMILES string of the molecule is COc1cc(-c2nc3ccccc3c(=O)[nH]2)cc(OC)c1OS(=O)(=O)O. The molecule has 1 aromatic heterocycles. The molecule has 136 valence electrons. The molecule has 0 bridgehead atoms. The van der Waals surface area contributed by atoms with Crippen LogP contribution in [0.25, 0.3) is 22.3 Å². The lowest BCUT2D eigenvalue weighted by atomic mass is 10.1. The summed E-state index contributed by atoms with van der Waals surface area (Å²) in [4.78, 5) is 19.3. The summed E-state index contributed by atoms with van der Waals surface area (Å²) in [6, 6.07) is 9.62. The van der Waals surface area contributed by atoms with E-state index in [1.54, 1.807) is 24.3 Å². The van der Waals surface area contributed by atoms with Crippen molar-refractivity contribution in [3.63, 3.8) is 0 Å². The molecule has 26 heavy (non-hydrogen) atoms. The molecular weight excluding hydrogens is 364 g/mol. The zero-order valence-corrected chi connectivity index (χ0v) is 14.5. The summed E-state index contributed by atoms with van der Waals surface area (Å²) in [5, 5.41) is 0.432. The molecule has 0 saturated carbocycles. The van der Waals surface area contributed by atoms with E-state index in [2.05, 4.69) is 14.2 Å². The van der Waals surface area contributed by atoms with Gasteiger partial charge in [0.25, 0.3) is 5.56 Å². The molecule has 0 spiro atoms. The number of rotatable bonds is 5. The number of aromatic nitrogens is 2. The maximum Gasteiger partial charge on any atom is 0.446 e. The van der Waals surface area contributed by atoms with Gasteiger partial charge in [-0.3, -0.25) is 9.35 Å². The Hall–Kier alpha value is -3.11. The summed E-state index contributed by atoms with van der Waals surface area (Å²) in [5.74, 6) is -0.173. The van der Waals surface area contributed by atoms with Gasteiger partial charge in [-0.2, -0.15) is 8.42 Å². The number of nitrogens with zero attached hydrogens (tertiary/aromatic N) is 1. The van der Waals surface area contributed by atoms with Gasteiger partial charge in [0, 0.05) is 5.56 Å². The first kappa shape index (κ1) is 17.7. The number of para-hydroxylation sites is 1. The largest absolute Gasteiger partial charge is 0.493 e. The van der Waals surface area contributed by atoms with E-state index in [4.69, 9.17) is 14.0 Å². The van der Waals surface area contributed by atoms with E-state index in [0.29, 0.717) is 16.5 Å². The van der Waals surface area contributed by atoms with E-state index in [1.807, 2.05) is 0 Å². The van der Waals surface area contributed by atoms with E-state index < -0.39 is 10.4 Å². The number of hydrogen-bond acceptors (Lipinski definition) is 7.